The monoisotopic (exact) mass is 449 g/mol. The van der Waals surface area contributed by atoms with Gasteiger partial charge in [0.15, 0.2) is 0 Å². The molecule has 10 heteroatoms. The number of amides is 1. The molecule has 3 rings (SSSR count). The van der Waals surface area contributed by atoms with Crippen molar-refractivity contribution in [3.05, 3.63) is 58.6 Å². The molecule has 0 spiro atoms. The fourth-order valence-electron chi connectivity index (χ4n) is 3.12. The Morgan fingerprint density at radius 2 is 2.00 bits per heavy atom. The number of nitrogens with one attached hydrogen (secondary N) is 2. The van der Waals surface area contributed by atoms with Crippen LogP contribution in [0.1, 0.15) is 36.0 Å². The Kier molecular flexibility index (Phi) is 7.09. The fraction of sp³-hybridized carbons (Fsp3) is 0.200. The molecule has 1 aliphatic carbocycles. The lowest BCUT2D eigenvalue weighted by Gasteiger charge is -2.19. The molecule has 0 fully saturated rings. The van der Waals surface area contributed by atoms with Crippen LogP contribution in [0.4, 0.5) is 17.1 Å². The predicted octanol–water partition coefficient (Wildman–Crippen LogP) is 4.14. The molecule has 0 bridgehead atoms. The topological polar surface area (TPSA) is 131 Å². The minimum atomic E-state index is -2.42. The molecule has 1 atom stereocenters. The number of halogens is 1. The third-order valence-corrected chi connectivity index (χ3v) is 5.09. The Morgan fingerprint density at radius 3 is 2.63 bits per heavy atom. The molecule has 2 aromatic rings. The van der Waals surface area contributed by atoms with Crippen molar-refractivity contribution in [2.75, 3.05) is 10.0 Å². The zero-order chi connectivity index (χ0) is 21.7. The van der Waals surface area contributed by atoms with E-state index in [2.05, 4.69) is 10.0 Å². The summed E-state index contributed by atoms with van der Waals surface area (Å²) in [4.78, 5) is 24.8. The van der Waals surface area contributed by atoms with Gasteiger partial charge in [-0.05, 0) is 56.0 Å². The van der Waals surface area contributed by atoms with Crippen molar-refractivity contribution >= 4 is 51.8 Å². The summed E-state index contributed by atoms with van der Waals surface area (Å²) in [7, 11) is 0. The lowest BCUT2D eigenvalue weighted by atomic mass is 10.00. The third-order valence-electron chi connectivity index (χ3n) is 4.46. The molecule has 8 nitrogen and oxygen atoms in total. The van der Waals surface area contributed by atoms with Crippen LogP contribution in [0.5, 0.6) is 5.75 Å². The normalized spacial score (nSPS) is 14.4. The van der Waals surface area contributed by atoms with Gasteiger partial charge in [0.05, 0.1) is 11.4 Å². The summed E-state index contributed by atoms with van der Waals surface area (Å²) in [6, 6.07) is 9.38. The summed E-state index contributed by atoms with van der Waals surface area (Å²) in [6.45, 7) is 0. The number of allylic oxidation sites excluding steroid dienone is 1. The van der Waals surface area contributed by atoms with E-state index in [0.717, 1.165) is 19.3 Å². The predicted molar refractivity (Wildman–Crippen MR) is 116 cm³/mol. The zero-order valence-corrected chi connectivity index (χ0v) is 17.4. The molecule has 30 heavy (non-hydrogen) atoms. The van der Waals surface area contributed by atoms with Crippen LogP contribution in [0.2, 0.25) is 5.02 Å². The minimum Gasteiger partial charge on any atom is -0.422 e. The first-order chi connectivity index (χ1) is 14.3. The molecule has 0 aliphatic heterocycles. The number of nitrogens with two attached hydrogens (primary N) is 1. The summed E-state index contributed by atoms with van der Waals surface area (Å²) < 4.78 is 28.4. The molecule has 5 N–H and O–H groups in total. The summed E-state index contributed by atoms with van der Waals surface area (Å²) in [5.41, 5.74) is 6.66. The fourth-order valence-corrected chi connectivity index (χ4v) is 3.67. The van der Waals surface area contributed by atoms with Gasteiger partial charge in [-0.25, -0.2) is 9.00 Å². The quantitative estimate of drug-likeness (QED) is 0.285. The highest BCUT2D eigenvalue weighted by Crippen LogP contribution is 2.37. The number of hydrogen-bond donors (Lipinski definition) is 4. The van der Waals surface area contributed by atoms with Crippen LogP contribution in [-0.4, -0.2) is 20.6 Å². The zero-order valence-electron chi connectivity index (χ0n) is 15.8. The van der Waals surface area contributed by atoms with Crippen molar-refractivity contribution in [1.29, 1.82) is 0 Å². The van der Waals surface area contributed by atoms with Crippen LogP contribution in [0.25, 0.3) is 0 Å². The van der Waals surface area contributed by atoms with Gasteiger partial charge in [-0.1, -0.05) is 23.7 Å². The Bertz CT molecular complexity index is 1040. The number of primary amides is 1. The highest BCUT2D eigenvalue weighted by Gasteiger charge is 2.23. The molecule has 0 radical (unpaired) electrons. The van der Waals surface area contributed by atoms with Crippen molar-refractivity contribution in [2.45, 2.75) is 25.7 Å². The van der Waals surface area contributed by atoms with E-state index < -0.39 is 23.1 Å². The van der Waals surface area contributed by atoms with E-state index in [1.54, 1.807) is 24.3 Å². The largest absolute Gasteiger partial charge is 0.422 e. The van der Waals surface area contributed by atoms with E-state index in [1.165, 1.54) is 12.1 Å². The molecule has 0 saturated carbocycles. The van der Waals surface area contributed by atoms with Crippen LogP contribution >= 0.6 is 11.6 Å². The lowest BCUT2D eigenvalue weighted by molar-refractivity contribution is -0.130. The Labute approximate surface area is 180 Å². The van der Waals surface area contributed by atoms with Crippen molar-refractivity contribution in [3.63, 3.8) is 0 Å². The SMILES string of the molecule is NC(=O)c1c(OC(=O)C2=CCCCC2)ccc(NS(=O)O)c1Nc1cccc(Cl)c1. The Hall–Kier alpha value is -2.88. The van der Waals surface area contributed by atoms with Gasteiger partial charge in [0.1, 0.15) is 11.3 Å². The second-order valence-electron chi connectivity index (χ2n) is 6.58. The number of anilines is 3. The number of hydrogen-bond acceptors (Lipinski definition) is 5. The van der Waals surface area contributed by atoms with Gasteiger partial charge in [0.2, 0.25) is 0 Å². The molecule has 0 saturated heterocycles. The van der Waals surface area contributed by atoms with Crippen LogP contribution in [0.15, 0.2) is 48.0 Å². The number of esters is 1. The molecular weight excluding hydrogens is 430 g/mol. The molecule has 2 aromatic carbocycles. The maximum Gasteiger partial charge on any atom is 0.339 e. The van der Waals surface area contributed by atoms with Crippen LogP contribution in [-0.2, 0) is 16.1 Å². The van der Waals surface area contributed by atoms with E-state index in [1.807, 2.05) is 6.08 Å². The van der Waals surface area contributed by atoms with Gasteiger partial charge < -0.3 is 15.8 Å². The summed E-state index contributed by atoms with van der Waals surface area (Å²) in [5, 5.41) is 3.40. The van der Waals surface area contributed by atoms with Crippen LogP contribution < -0.4 is 20.5 Å². The number of benzene rings is 2. The van der Waals surface area contributed by atoms with Crippen molar-refractivity contribution < 1.29 is 23.1 Å². The number of rotatable bonds is 7. The molecule has 1 amide bonds. The van der Waals surface area contributed by atoms with E-state index in [9.17, 15) is 18.4 Å². The second kappa shape index (κ2) is 9.75. The minimum absolute atomic E-state index is 0.0576. The summed E-state index contributed by atoms with van der Waals surface area (Å²) >= 11 is 3.60. The van der Waals surface area contributed by atoms with Crippen LogP contribution in [0.3, 0.4) is 0 Å². The molecule has 1 aliphatic rings. The number of ether oxygens (including phenoxy) is 1. The summed E-state index contributed by atoms with van der Waals surface area (Å²) in [5.74, 6) is -1.50. The molecule has 158 valence electrons. The maximum absolute atomic E-state index is 12.5. The standard InChI is InChI=1S/C20H20ClN3O5S/c21-13-7-4-8-14(11-13)23-18-15(24-30(27)28)9-10-16(17(18)19(22)25)29-20(26)12-5-2-1-3-6-12/h4-5,7-11,23-24H,1-3,6H2,(H2,22,25)(H,27,28). The first-order valence-electron chi connectivity index (χ1n) is 9.13. The average molecular weight is 450 g/mol. The second-order valence-corrected chi connectivity index (χ2v) is 7.72. The Balaban J connectivity index is 2.04. The number of carbonyl (C=O) groups excluding carboxylic acids is 2. The molecule has 0 heterocycles. The summed E-state index contributed by atoms with van der Waals surface area (Å²) in [6.07, 6.45) is 5.11. The van der Waals surface area contributed by atoms with E-state index in [-0.39, 0.29) is 22.7 Å². The molecule has 0 aromatic heterocycles. The average Bonchev–Trinajstić information content (AvgIpc) is 2.70. The number of carbonyl (C=O) groups is 2. The molecular formula is C20H20ClN3O5S. The van der Waals surface area contributed by atoms with Gasteiger partial charge in [-0.2, -0.15) is 0 Å². The van der Waals surface area contributed by atoms with Crippen LogP contribution in [0, 0.1) is 0 Å². The Morgan fingerprint density at radius 1 is 1.20 bits per heavy atom. The maximum atomic E-state index is 12.5. The van der Waals surface area contributed by atoms with Gasteiger partial charge in [-0.15, -0.1) is 0 Å². The van der Waals surface area contributed by atoms with Gasteiger partial charge in [0.25, 0.3) is 17.2 Å². The highest BCUT2D eigenvalue weighted by molar-refractivity contribution is 7.80. The first kappa shape index (κ1) is 21.8. The lowest BCUT2D eigenvalue weighted by Crippen LogP contribution is -2.20. The third kappa shape index (κ3) is 5.38. The van der Waals surface area contributed by atoms with Gasteiger partial charge in [-0.3, -0.25) is 14.1 Å². The van der Waals surface area contributed by atoms with Crippen molar-refractivity contribution in [3.8, 4) is 5.75 Å². The molecule has 1 unspecified atom stereocenters. The first-order valence-corrected chi connectivity index (χ1v) is 10.6. The highest BCUT2D eigenvalue weighted by atomic mass is 35.5. The van der Waals surface area contributed by atoms with E-state index in [0.29, 0.717) is 22.7 Å². The van der Waals surface area contributed by atoms with Gasteiger partial charge >= 0.3 is 5.97 Å². The van der Waals surface area contributed by atoms with Crippen molar-refractivity contribution in [2.24, 2.45) is 5.73 Å². The van der Waals surface area contributed by atoms with Crippen molar-refractivity contribution in [1.82, 2.24) is 0 Å². The van der Waals surface area contributed by atoms with Gasteiger partial charge in [0, 0.05) is 16.3 Å². The van der Waals surface area contributed by atoms with E-state index in [4.69, 9.17) is 22.1 Å². The smallest absolute Gasteiger partial charge is 0.339 e. The van der Waals surface area contributed by atoms with E-state index >= 15 is 0 Å².